The highest BCUT2D eigenvalue weighted by Crippen LogP contribution is 2.42. The minimum Gasteiger partial charge on any atom is -0.480 e. The van der Waals surface area contributed by atoms with Crippen LogP contribution >= 0.6 is 11.3 Å². The van der Waals surface area contributed by atoms with Gasteiger partial charge in [-0.15, -0.1) is 0 Å². The maximum absolute atomic E-state index is 10.9. The van der Waals surface area contributed by atoms with Crippen molar-refractivity contribution in [3.63, 3.8) is 0 Å². The summed E-state index contributed by atoms with van der Waals surface area (Å²) in [6.07, 6.45) is 1.02. The van der Waals surface area contributed by atoms with Crippen molar-refractivity contribution >= 4 is 28.0 Å². The Morgan fingerprint density at radius 1 is 1.67 bits per heavy atom. The third kappa shape index (κ3) is 1.65. The van der Waals surface area contributed by atoms with Crippen LogP contribution in [-0.4, -0.2) is 21.5 Å². The van der Waals surface area contributed by atoms with Gasteiger partial charge in [0.05, 0.1) is 4.92 Å². The van der Waals surface area contributed by atoms with E-state index in [1.807, 2.05) is 0 Å². The zero-order valence-corrected chi connectivity index (χ0v) is 8.41. The van der Waals surface area contributed by atoms with E-state index in [9.17, 15) is 14.9 Å². The van der Waals surface area contributed by atoms with Gasteiger partial charge in [0.2, 0.25) is 0 Å². The lowest BCUT2D eigenvalue weighted by Crippen LogP contribution is -2.31. The number of hydrogen-bond donors (Lipinski definition) is 2. The standard InChI is InChI=1S/C8H8N2O4S/c11-7(12)8(2-3-8)9-5-1-4-15-6(5)10(13)14/h1,4,9H,2-3H2,(H,11,12). The van der Waals surface area contributed by atoms with Gasteiger partial charge in [-0.1, -0.05) is 11.3 Å². The number of carboxylic acids is 1. The molecule has 1 aliphatic carbocycles. The van der Waals surface area contributed by atoms with Crippen molar-refractivity contribution in [1.82, 2.24) is 0 Å². The zero-order chi connectivity index (χ0) is 11.1. The molecule has 1 aromatic heterocycles. The number of hydrogen-bond acceptors (Lipinski definition) is 5. The molecule has 6 nitrogen and oxygen atoms in total. The van der Waals surface area contributed by atoms with Crippen molar-refractivity contribution in [3.05, 3.63) is 21.6 Å². The van der Waals surface area contributed by atoms with Gasteiger partial charge in [-0.05, 0) is 24.3 Å². The highest BCUT2D eigenvalue weighted by Gasteiger charge is 2.51. The summed E-state index contributed by atoms with van der Waals surface area (Å²) in [7, 11) is 0. The number of aliphatic carboxylic acids is 1. The molecule has 0 atom stereocenters. The van der Waals surface area contributed by atoms with Crippen molar-refractivity contribution in [2.24, 2.45) is 0 Å². The second kappa shape index (κ2) is 3.20. The van der Waals surface area contributed by atoms with Crippen LogP contribution in [0.4, 0.5) is 10.7 Å². The Morgan fingerprint density at radius 3 is 2.80 bits per heavy atom. The molecule has 0 aliphatic heterocycles. The molecule has 1 aliphatic rings. The van der Waals surface area contributed by atoms with Crippen molar-refractivity contribution in [1.29, 1.82) is 0 Å². The molecule has 0 bridgehead atoms. The maximum Gasteiger partial charge on any atom is 0.347 e. The van der Waals surface area contributed by atoms with Gasteiger partial charge >= 0.3 is 11.0 Å². The highest BCUT2D eigenvalue weighted by molar-refractivity contribution is 7.14. The van der Waals surface area contributed by atoms with Crippen LogP contribution in [0.2, 0.25) is 0 Å². The van der Waals surface area contributed by atoms with Crippen LogP contribution in [0.3, 0.4) is 0 Å². The minimum atomic E-state index is -0.980. The fourth-order valence-corrected chi connectivity index (χ4v) is 1.98. The number of carbonyl (C=O) groups is 1. The van der Waals surface area contributed by atoms with E-state index in [0.29, 0.717) is 18.5 Å². The second-order valence-corrected chi connectivity index (χ2v) is 4.30. The number of nitrogens with one attached hydrogen (secondary N) is 1. The van der Waals surface area contributed by atoms with Gasteiger partial charge < -0.3 is 10.4 Å². The molecule has 0 saturated heterocycles. The number of nitro groups is 1. The third-order valence-electron chi connectivity index (χ3n) is 2.34. The van der Waals surface area contributed by atoms with Crippen LogP contribution in [0, 0.1) is 10.1 Å². The molecule has 0 unspecified atom stereocenters. The van der Waals surface area contributed by atoms with Gasteiger partial charge in [-0.2, -0.15) is 0 Å². The monoisotopic (exact) mass is 228 g/mol. The van der Waals surface area contributed by atoms with Gasteiger partial charge in [0.25, 0.3) is 0 Å². The SMILES string of the molecule is O=C(O)C1(Nc2ccsc2[N+](=O)[O-])CC1. The van der Waals surface area contributed by atoms with E-state index in [4.69, 9.17) is 5.11 Å². The summed E-state index contributed by atoms with van der Waals surface area (Å²) in [6, 6.07) is 1.53. The van der Waals surface area contributed by atoms with Crippen LogP contribution in [0.1, 0.15) is 12.8 Å². The van der Waals surface area contributed by atoms with Crippen molar-refractivity contribution in [2.45, 2.75) is 18.4 Å². The number of carboxylic acid groups (broad SMARTS) is 1. The quantitative estimate of drug-likeness (QED) is 0.604. The molecule has 1 saturated carbocycles. The van der Waals surface area contributed by atoms with Gasteiger partial charge in [0, 0.05) is 0 Å². The summed E-state index contributed by atoms with van der Waals surface area (Å²) in [5.74, 6) is -0.956. The molecule has 0 aromatic carbocycles. The largest absolute Gasteiger partial charge is 0.480 e. The highest BCUT2D eigenvalue weighted by atomic mass is 32.1. The first-order valence-corrected chi connectivity index (χ1v) is 5.17. The van der Waals surface area contributed by atoms with Crippen LogP contribution in [0.15, 0.2) is 11.4 Å². The zero-order valence-electron chi connectivity index (χ0n) is 7.60. The molecular formula is C8H8N2O4S. The Hall–Kier alpha value is -1.63. The number of thiophene rings is 1. The van der Waals surface area contributed by atoms with Crippen molar-refractivity contribution < 1.29 is 14.8 Å². The lowest BCUT2D eigenvalue weighted by Gasteiger charge is -2.11. The van der Waals surface area contributed by atoms with E-state index < -0.39 is 16.4 Å². The summed E-state index contributed by atoms with van der Waals surface area (Å²) in [5, 5.41) is 23.7. The molecule has 1 aromatic rings. The van der Waals surface area contributed by atoms with Gasteiger partial charge in [0.15, 0.2) is 0 Å². The van der Waals surface area contributed by atoms with Crippen molar-refractivity contribution in [3.8, 4) is 0 Å². The van der Waals surface area contributed by atoms with Crippen LogP contribution in [0.5, 0.6) is 0 Å². The molecule has 2 N–H and O–H groups in total. The Balaban J connectivity index is 2.21. The molecule has 2 rings (SSSR count). The lowest BCUT2D eigenvalue weighted by molar-refractivity contribution is -0.379. The molecule has 0 spiro atoms. The number of rotatable bonds is 4. The Kier molecular flexibility index (Phi) is 2.11. The Morgan fingerprint density at radius 2 is 2.33 bits per heavy atom. The molecule has 1 fully saturated rings. The normalized spacial score (nSPS) is 17.1. The molecule has 15 heavy (non-hydrogen) atoms. The summed E-state index contributed by atoms with van der Waals surface area (Å²) in [5.41, 5.74) is -0.684. The summed E-state index contributed by atoms with van der Waals surface area (Å²) in [4.78, 5) is 20.9. The van der Waals surface area contributed by atoms with Crippen LogP contribution < -0.4 is 5.32 Å². The second-order valence-electron chi connectivity index (χ2n) is 3.41. The average Bonchev–Trinajstić information content (AvgIpc) is 2.77. The molecule has 7 heteroatoms. The Labute approximate surface area is 88.7 Å². The van der Waals surface area contributed by atoms with E-state index in [1.54, 1.807) is 5.38 Å². The predicted molar refractivity (Wildman–Crippen MR) is 54.2 cm³/mol. The van der Waals surface area contributed by atoms with E-state index >= 15 is 0 Å². The number of nitrogens with zero attached hydrogens (tertiary/aromatic N) is 1. The van der Waals surface area contributed by atoms with Crippen LogP contribution in [0.25, 0.3) is 0 Å². The first kappa shape index (κ1) is 9.91. The van der Waals surface area contributed by atoms with E-state index in [0.717, 1.165) is 11.3 Å². The predicted octanol–water partition coefficient (Wildman–Crippen LogP) is 1.69. The molecule has 1 heterocycles. The molecular weight excluding hydrogens is 220 g/mol. The lowest BCUT2D eigenvalue weighted by atomic mass is 10.2. The molecule has 0 radical (unpaired) electrons. The third-order valence-corrected chi connectivity index (χ3v) is 3.21. The fourth-order valence-electron chi connectivity index (χ4n) is 1.31. The first-order chi connectivity index (χ1) is 7.05. The van der Waals surface area contributed by atoms with E-state index in [1.165, 1.54) is 6.07 Å². The molecule has 80 valence electrons. The van der Waals surface area contributed by atoms with Gasteiger partial charge in [0.1, 0.15) is 11.2 Å². The van der Waals surface area contributed by atoms with Crippen molar-refractivity contribution in [2.75, 3.05) is 5.32 Å². The van der Waals surface area contributed by atoms with Crippen LogP contribution in [-0.2, 0) is 4.79 Å². The maximum atomic E-state index is 10.9. The van der Waals surface area contributed by atoms with Gasteiger partial charge in [-0.3, -0.25) is 10.1 Å². The number of anilines is 1. The first-order valence-electron chi connectivity index (χ1n) is 4.29. The summed E-state index contributed by atoms with van der Waals surface area (Å²) < 4.78 is 0. The summed E-state index contributed by atoms with van der Waals surface area (Å²) >= 11 is 0.983. The van der Waals surface area contributed by atoms with E-state index in [-0.39, 0.29) is 5.00 Å². The average molecular weight is 228 g/mol. The van der Waals surface area contributed by atoms with E-state index in [2.05, 4.69) is 5.32 Å². The Bertz CT molecular complexity index is 424. The fraction of sp³-hybridized carbons (Fsp3) is 0.375. The smallest absolute Gasteiger partial charge is 0.347 e. The van der Waals surface area contributed by atoms with Gasteiger partial charge in [-0.25, -0.2) is 4.79 Å². The topological polar surface area (TPSA) is 92.5 Å². The molecule has 0 amide bonds. The summed E-state index contributed by atoms with van der Waals surface area (Å²) in [6.45, 7) is 0. The minimum absolute atomic E-state index is 0.0393.